The summed E-state index contributed by atoms with van der Waals surface area (Å²) in [6, 6.07) is 10.4. The van der Waals surface area contributed by atoms with E-state index < -0.39 is 11.7 Å². The van der Waals surface area contributed by atoms with E-state index in [1.165, 1.54) is 4.90 Å². The fourth-order valence-corrected chi connectivity index (χ4v) is 3.33. The number of nitrogens with two attached hydrogens (primary N) is 1. The number of halogens is 1. The van der Waals surface area contributed by atoms with Crippen molar-refractivity contribution in [3.8, 4) is 5.75 Å². The molecule has 0 saturated carbocycles. The zero-order chi connectivity index (χ0) is 22.0. The third-order valence-corrected chi connectivity index (χ3v) is 5.07. The van der Waals surface area contributed by atoms with E-state index in [1.54, 1.807) is 44.4 Å². The Balaban J connectivity index is 2.13. The maximum Gasteiger partial charge on any atom is 0.414 e. The zero-order valence-corrected chi connectivity index (χ0v) is 18.1. The summed E-state index contributed by atoms with van der Waals surface area (Å²) >= 11 is 6.35. The molecule has 3 aromatic rings. The Bertz CT molecular complexity index is 1160. The predicted molar refractivity (Wildman–Crippen MR) is 118 cm³/mol. The molecule has 3 rings (SSSR count). The third kappa shape index (κ3) is 4.58. The molecule has 1 heterocycles. The van der Waals surface area contributed by atoms with Crippen molar-refractivity contribution in [2.45, 2.75) is 13.0 Å². The Morgan fingerprint density at radius 2 is 1.87 bits per heavy atom. The van der Waals surface area contributed by atoms with Gasteiger partial charge in [-0.2, -0.15) is 0 Å². The maximum atomic E-state index is 12.9. The van der Waals surface area contributed by atoms with Gasteiger partial charge in [0.1, 0.15) is 11.3 Å². The molecule has 0 unspecified atom stereocenters. The first-order valence-electron chi connectivity index (χ1n) is 9.32. The van der Waals surface area contributed by atoms with E-state index in [9.17, 15) is 9.59 Å². The van der Waals surface area contributed by atoms with E-state index in [1.807, 2.05) is 25.1 Å². The number of amides is 1. The number of rotatable bonds is 5. The summed E-state index contributed by atoms with van der Waals surface area (Å²) in [5.74, 6) is 0.298. The summed E-state index contributed by atoms with van der Waals surface area (Å²) in [5.41, 5.74) is 8.35. The number of ether oxygens (including phenoxy) is 1. The van der Waals surface area contributed by atoms with Gasteiger partial charge in [-0.05, 0) is 43.4 Å². The zero-order valence-electron chi connectivity index (χ0n) is 17.4. The van der Waals surface area contributed by atoms with Crippen LogP contribution in [0.1, 0.15) is 16.7 Å². The normalized spacial score (nSPS) is 11.1. The molecule has 0 saturated heterocycles. The van der Waals surface area contributed by atoms with Gasteiger partial charge in [-0.3, -0.25) is 0 Å². The third-order valence-electron chi connectivity index (χ3n) is 4.61. The molecule has 0 radical (unpaired) electrons. The highest BCUT2D eigenvalue weighted by Crippen LogP contribution is 2.29. The van der Waals surface area contributed by atoms with Gasteiger partial charge in [-0.15, -0.1) is 0 Å². The molecule has 0 bridgehead atoms. The van der Waals surface area contributed by atoms with Gasteiger partial charge >= 0.3 is 11.7 Å². The van der Waals surface area contributed by atoms with E-state index in [-0.39, 0.29) is 0 Å². The second-order valence-corrected chi connectivity index (χ2v) is 7.88. The number of nitrogens with zero attached hydrogens (tertiary/aromatic N) is 2. The van der Waals surface area contributed by atoms with Crippen LogP contribution in [0, 0.1) is 0 Å². The van der Waals surface area contributed by atoms with Gasteiger partial charge < -0.3 is 24.7 Å². The highest BCUT2D eigenvalue weighted by Gasteiger charge is 2.18. The average molecular weight is 430 g/mol. The van der Waals surface area contributed by atoms with Crippen molar-refractivity contribution in [3.05, 3.63) is 68.5 Å². The van der Waals surface area contributed by atoms with Crippen molar-refractivity contribution < 1.29 is 13.9 Å². The molecule has 0 aliphatic carbocycles. The first-order chi connectivity index (χ1) is 14.2. The minimum Gasteiger partial charge on any atom is -0.422 e. The highest BCUT2D eigenvalue weighted by atomic mass is 35.5. The van der Waals surface area contributed by atoms with Crippen LogP contribution < -0.4 is 16.1 Å². The van der Waals surface area contributed by atoms with Crippen LogP contribution in [-0.4, -0.2) is 44.1 Å². The smallest absolute Gasteiger partial charge is 0.414 e. The lowest BCUT2D eigenvalue weighted by Crippen LogP contribution is -2.25. The second-order valence-electron chi connectivity index (χ2n) is 7.50. The van der Waals surface area contributed by atoms with E-state index in [2.05, 4.69) is 0 Å². The lowest BCUT2D eigenvalue weighted by atomic mass is 9.97. The molecule has 1 aromatic heterocycles. The van der Waals surface area contributed by atoms with Gasteiger partial charge in [-0.25, -0.2) is 9.59 Å². The number of hydrogen-bond acceptors (Lipinski definition) is 6. The summed E-state index contributed by atoms with van der Waals surface area (Å²) in [4.78, 5) is 28.0. The topological polar surface area (TPSA) is 89.0 Å². The molecule has 0 aliphatic heterocycles. The van der Waals surface area contributed by atoms with E-state index in [0.717, 1.165) is 16.5 Å². The lowest BCUT2D eigenvalue weighted by molar-refractivity contribution is 0.172. The van der Waals surface area contributed by atoms with E-state index in [4.69, 9.17) is 26.5 Å². The van der Waals surface area contributed by atoms with Crippen LogP contribution in [0.15, 0.2) is 45.6 Å². The second kappa shape index (κ2) is 8.77. The molecule has 0 spiro atoms. The van der Waals surface area contributed by atoms with Gasteiger partial charge in [0.15, 0.2) is 0 Å². The van der Waals surface area contributed by atoms with Gasteiger partial charge in [-0.1, -0.05) is 23.7 Å². The predicted octanol–water partition coefficient (Wildman–Crippen LogP) is 3.74. The fourth-order valence-electron chi connectivity index (χ4n) is 3.14. The number of fused-ring (bicyclic) bond motifs is 1. The number of benzene rings is 2. The van der Waals surface area contributed by atoms with Crippen LogP contribution in [0.3, 0.4) is 0 Å². The Morgan fingerprint density at radius 1 is 1.13 bits per heavy atom. The van der Waals surface area contributed by atoms with Gasteiger partial charge in [0.05, 0.1) is 10.7 Å². The Labute approximate surface area is 179 Å². The SMILES string of the molecule is CN(C)Cc1c(Cc2cccc(N)c2Cl)c(=O)oc2cc(OC(=O)N(C)C)ccc12. The monoisotopic (exact) mass is 429 g/mol. The van der Waals surface area contributed by atoms with Crippen molar-refractivity contribution in [1.82, 2.24) is 9.80 Å². The summed E-state index contributed by atoms with van der Waals surface area (Å²) < 4.78 is 10.9. The summed E-state index contributed by atoms with van der Waals surface area (Å²) in [5, 5.41) is 1.20. The standard InChI is InChI=1S/C22H24ClN3O4/c1-25(2)12-17-15-9-8-14(29-22(28)26(3)4)11-19(15)30-21(27)16(17)10-13-6-5-7-18(24)20(13)23/h5-9,11H,10,12,24H2,1-4H3. The molecule has 30 heavy (non-hydrogen) atoms. The summed E-state index contributed by atoms with van der Waals surface area (Å²) in [6.45, 7) is 0.522. The molecular weight excluding hydrogens is 406 g/mol. The average Bonchev–Trinajstić information content (AvgIpc) is 2.67. The van der Waals surface area contributed by atoms with Crippen LogP contribution >= 0.6 is 11.6 Å². The van der Waals surface area contributed by atoms with Crippen LogP contribution in [0.5, 0.6) is 5.75 Å². The number of carbonyl (C=O) groups is 1. The molecule has 0 aliphatic rings. The summed E-state index contributed by atoms with van der Waals surface area (Å²) in [7, 11) is 7.02. The lowest BCUT2D eigenvalue weighted by Gasteiger charge is -2.17. The molecule has 1 amide bonds. The highest BCUT2D eigenvalue weighted by molar-refractivity contribution is 6.33. The summed E-state index contributed by atoms with van der Waals surface area (Å²) in [6.07, 6.45) is -0.221. The number of anilines is 1. The molecule has 2 aromatic carbocycles. The number of nitrogen functional groups attached to an aromatic ring is 1. The molecular formula is C22H24ClN3O4. The minimum atomic E-state index is -0.516. The van der Waals surface area contributed by atoms with Gasteiger partial charge in [0.2, 0.25) is 0 Å². The maximum absolute atomic E-state index is 12.9. The van der Waals surface area contributed by atoms with Gasteiger partial charge in [0, 0.05) is 44.1 Å². The van der Waals surface area contributed by atoms with Crippen molar-refractivity contribution in [3.63, 3.8) is 0 Å². The molecule has 158 valence electrons. The van der Waals surface area contributed by atoms with Crippen LogP contribution in [0.4, 0.5) is 10.5 Å². The van der Waals surface area contributed by atoms with Crippen LogP contribution in [0.2, 0.25) is 5.02 Å². The Kier molecular flexibility index (Phi) is 6.34. The minimum absolute atomic E-state index is 0.294. The molecule has 8 heteroatoms. The van der Waals surface area contributed by atoms with E-state index in [0.29, 0.717) is 40.6 Å². The van der Waals surface area contributed by atoms with Crippen LogP contribution in [-0.2, 0) is 13.0 Å². The largest absolute Gasteiger partial charge is 0.422 e. The Hall–Kier alpha value is -3.03. The number of carbonyl (C=O) groups excluding carboxylic acids is 1. The molecule has 7 nitrogen and oxygen atoms in total. The molecule has 0 atom stereocenters. The Morgan fingerprint density at radius 3 is 2.53 bits per heavy atom. The van der Waals surface area contributed by atoms with Crippen LogP contribution in [0.25, 0.3) is 11.0 Å². The van der Waals surface area contributed by atoms with Crippen molar-refractivity contribution >= 4 is 34.4 Å². The number of hydrogen-bond donors (Lipinski definition) is 1. The first kappa shape index (κ1) is 21.7. The quantitative estimate of drug-likeness (QED) is 0.491. The fraction of sp³-hybridized carbons (Fsp3) is 0.273. The van der Waals surface area contributed by atoms with Crippen molar-refractivity contribution in [2.24, 2.45) is 0 Å². The van der Waals surface area contributed by atoms with E-state index >= 15 is 0 Å². The van der Waals surface area contributed by atoms with Crippen molar-refractivity contribution in [1.29, 1.82) is 0 Å². The van der Waals surface area contributed by atoms with Crippen molar-refractivity contribution in [2.75, 3.05) is 33.9 Å². The first-order valence-corrected chi connectivity index (χ1v) is 9.70. The molecule has 0 fully saturated rings. The molecule has 2 N–H and O–H groups in total. The van der Waals surface area contributed by atoms with Gasteiger partial charge in [0.25, 0.3) is 0 Å².